The third-order valence-electron chi connectivity index (χ3n) is 3.67. The lowest BCUT2D eigenvalue weighted by molar-refractivity contribution is 0.381. The van der Waals surface area contributed by atoms with Gasteiger partial charge in [0, 0.05) is 0 Å². The van der Waals surface area contributed by atoms with Crippen LogP contribution in [0, 0.1) is 11.8 Å². The summed E-state index contributed by atoms with van der Waals surface area (Å²) in [6.45, 7) is 9.41. The molecule has 70 valence electrons. The highest BCUT2D eigenvalue weighted by Gasteiger charge is 2.17. The Morgan fingerprint density at radius 2 is 1.75 bits per heavy atom. The Kier molecular flexibility index (Phi) is 3.37. The summed E-state index contributed by atoms with van der Waals surface area (Å²) in [5.41, 5.74) is 3.30. The highest BCUT2D eigenvalue weighted by molar-refractivity contribution is 5.13. The quantitative estimate of drug-likeness (QED) is 0.474. The highest BCUT2D eigenvalue weighted by Crippen LogP contribution is 2.30. The molecule has 0 saturated heterocycles. The monoisotopic (exact) mass is 166 g/mol. The standard InChI is InChI=1S/C12H22/c1-9-7-5-6-8-10(2)12(4)11(9)3/h9,11H,5-8H2,1-4H3. The second-order valence-electron chi connectivity index (χ2n) is 4.48. The molecule has 0 N–H and O–H groups in total. The van der Waals surface area contributed by atoms with E-state index in [4.69, 9.17) is 0 Å². The minimum atomic E-state index is 0.810. The molecule has 0 saturated carbocycles. The molecule has 0 amide bonds. The van der Waals surface area contributed by atoms with Crippen molar-refractivity contribution in [1.82, 2.24) is 0 Å². The molecule has 0 heteroatoms. The Morgan fingerprint density at radius 1 is 1.08 bits per heavy atom. The number of hydrogen-bond donors (Lipinski definition) is 0. The van der Waals surface area contributed by atoms with Gasteiger partial charge in [0.1, 0.15) is 0 Å². The van der Waals surface area contributed by atoms with Crippen LogP contribution < -0.4 is 0 Å². The van der Waals surface area contributed by atoms with Gasteiger partial charge in [-0.15, -0.1) is 0 Å². The molecule has 0 aromatic rings. The van der Waals surface area contributed by atoms with Crippen molar-refractivity contribution in [2.75, 3.05) is 0 Å². The Morgan fingerprint density at radius 3 is 2.42 bits per heavy atom. The molecule has 0 heterocycles. The van der Waals surface area contributed by atoms with Crippen molar-refractivity contribution < 1.29 is 0 Å². The van der Waals surface area contributed by atoms with Crippen LogP contribution in [0.2, 0.25) is 0 Å². The van der Waals surface area contributed by atoms with Crippen molar-refractivity contribution in [1.29, 1.82) is 0 Å². The maximum Gasteiger partial charge on any atom is -0.0206 e. The Balaban J connectivity index is 2.77. The van der Waals surface area contributed by atoms with Gasteiger partial charge in [-0.3, -0.25) is 0 Å². The van der Waals surface area contributed by atoms with E-state index in [0.29, 0.717) is 0 Å². The van der Waals surface area contributed by atoms with Crippen LogP contribution in [-0.4, -0.2) is 0 Å². The number of hydrogen-bond acceptors (Lipinski definition) is 0. The third-order valence-corrected chi connectivity index (χ3v) is 3.67. The first-order valence-electron chi connectivity index (χ1n) is 5.29. The van der Waals surface area contributed by atoms with E-state index >= 15 is 0 Å². The predicted molar refractivity (Wildman–Crippen MR) is 55.2 cm³/mol. The lowest BCUT2D eigenvalue weighted by Crippen LogP contribution is -2.12. The van der Waals surface area contributed by atoms with Crippen molar-refractivity contribution in [3.8, 4) is 0 Å². The summed E-state index contributed by atoms with van der Waals surface area (Å²) < 4.78 is 0. The molecule has 0 aromatic carbocycles. The first-order chi connectivity index (χ1) is 5.63. The zero-order valence-electron chi connectivity index (χ0n) is 8.98. The molecule has 1 rings (SSSR count). The van der Waals surface area contributed by atoms with Gasteiger partial charge in [0.15, 0.2) is 0 Å². The summed E-state index contributed by atoms with van der Waals surface area (Å²) in [5, 5.41) is 0. The van der Waals surface area contributed by atoms with Crippen molar-refractivity contribution in [2.24, 2.45) is 11.8 Å². The summed E-state index contributed by atoms with van der Waals surface area (Å²) in [6, 6.07) is 0. The number of allylic oxidation sites excluding steroid dienone is 2. The summed E-state index contributed by atoms with van der Waals surface area (Å²) in [5.74, 6) is 1.70. The molecule has 12 heavy (non-hydrogen) atoms. The van der Waals surface area contributed by atoms with Crippen LogP contribution in [0.15, 0.2) is 11.1 Å². The van der Waals surface area contributed by atoms with Gasteiger partial charge in [-0.2, -0.15) is 0 Å². The van der Waals surface area contributed by atoms with Crippen LogP contribution in [0.4, 0.5) is 0 Å². The largest absolute Gasteiger partial charge is 0.0741 e. The molecule has 0 spiro atoms. The Labute approximate surface area is 77.1 Å². The van der Waals surface area contributed by atoms with E-state index in [-0.39, 0.29) is 0 Å². The fourth-order valence-corrected chi connectivity index (χ4v) is 2.12. The smallest absolute Gasteiger partial charge is 0.0206 e. The molecular weight excluding hydrogens is 144 g/mol. The van der Waals surface area contributed by atoms with E-state index in [0.717, 1.165) is 11.8 Å². The van der Waals surface area contributed by atoms with E-state index in [1.54, 1.807) is 11.1 Å². The molecule has 0 aliphatic heterocycles. The molecule has 1 aliphatic carbocycles. The average Bonchev–Trinajstić information content (AvgIpc) is 2.07. The fourth-order valence-electron chi connectivity index (χ4n) is 2.12. The van der Waals surface area contributed by atoms with E-state index in [1.165, 1.54) is 25.7 Å². The van der Waals surface area contributed by atoms with Crippen LogP contribution >= 0.6 is 0 Å². The molecule has 0 nitrogen and oxygen atoms in total. The maximum atomic E-state index is 2.40. The Bertz CT molecular complexity index is 176. The zero-order valence-corrected chi connectivity index (χ0v) is 8.98. The van der Waals surface area contributed by atoms with Crippen molar-refractivity contribution in [3.63, 3.8) is 0 Å². The third kappa shape index (κ3) is 2.12. The second kappa shape index (κ2) is 4.11. The average molecular weight is 166 g/mol. The minimum Gasteiger partial charge on any atom is -0.0741 e. The fraction of sp³-hybridized carbons (Fsp3) is 0.833. The van der Waals surface area contributed by atoms with Crippen LogP contribution in [0.1, 0.15) is 53.4 Å². The molecule has 2 atom stereocenters. The zero-order chi connectivity index (χ0) is 9.14. The molecule has 2 unspecified atom stereocenters. The Hall–Kier alpha value is -0.260. The van der Waals surface area contributed by atoms with Crippen molar-refractivity contribution >= 4 is 0 Å². The predicted octanol–water partition coefficient (Wildman–Crippen LogP) is 4.17. The lowest BCUT2D eigenvalue weighted by Gasteiger charge is -2.25. The maximum absolute atomic E-state index is 2.40. The van der Waals surface area contributed by atoms with E-state index in [1.807, 2.05) is 0 Å². The van der Waals surface area contributed by atoms with Crippen LogP contribution in [0.25, 0.3) is 0 Å². The van der Waals surface area contributed by atoms with Crippen LogP contribution in [0.3, 0.4) is 0 Å². The van der Waals surface area contributed by atoms with Crippen LogP contribution in [0.5, 0.6) is 0 Å². The first kappa shape index (κ1) is 9.83. The summed E-state index contributed by atoms with van der Waals surface area (Å²) in [4.78, 5) is 0. The molecular formula is C12H22. The normalized spacial score (nSPS) is 33.0. The van der Waals surface area contributed by atoms with E-state index in [9.17, 15) is 0 Å². The molecule has 0 aromatic heterocycles. The summed E-state index contributed by atoms with van der Waals surface area (Å²) in [7, 11) is 0. The van der Waals surface area contributed by atoms with Gasteiger partial charge in [-0.05, 0) is 38.5 Å². The van der Waals surface area contributed by atoms with Gasteiger partial charge >= 0.3 is 0 Å². The topological polar surface area (TPSA) is 0 Å². The minimum absolute atomic E-state index is 0.810. The van der Waals surface area contributed by atoms with Gasteiger partial charge < -0.3 is 0 Å². The van der Waals surface area contributed by atoms with E-state index < -0.39 is 0 Å². The lowest BCUT2D eigenvalue weighted by atomic mass is 9.81. The van der Waals surface area contributed by atoms with Gasteiger partial charge in [0.2, 0.25) is 0 Å². The van der Waals surface area contributed by atoms with E-state index in [2.05, 4.69) is 27.7 Å². The highest BCUT2D eigenvalue weighted by atomic mass is 14.2. The van der Waals surface area contributed by atoms with Gasteiger partial charge in [-0.1, -0.05) is 37.8 Å². The van der Waals surface area contributed by atoms with Gasteiger partial charge in [0.05, 0.1) is 0 Å². The molecule has 1 aliphatic rings. The van der Waals surface area contributed by atoms with Gasteiger partial charge in [-0.25, -0.2) is 0 Å². The summed E-state index contributed by atoms with van der Waals surface area (Å²) in [6.07, 6.45) is 5.59. The SMILES string of the molecule is CC1=C(C)C(C)C(C)CCCC1. The second-order valence-corrected chi connectivity index (χ2v) is 4.48. The number of rotatable bonds is 0. The molecule has 0 bridgehead atoms. The first-order valence-corrected chi connectivity index (χ1v) is 5.29. The molecule has 0 radical (unpaired) electrons. The summed E-state index contributed by atoms with van der Waals surface area (Å²) >= 11 is 0. The van der Waals surface area contributed by atoms with Crippen molar-refractivity contribution in [2.45, 2.75) is 53.4 Å². The molecule has 0 fully saturated rings. The van der Waals surface area contributed by atoms with Gasteiger partial charge in [0.25, 0.3) is 0 Å². The van der Waals surface area contributed by atoms with Crippen LogP contribution in [-0.2, 0) is 0 Å². The van der Waals surface area contributed by atoms with Crippen molar-refractivity contribution in [3.05, 3.63) is 11.1 Å².